The molecule has 3 rings (SSSR count). The molecule has 1 aliphatic rings. The zero-order valence-electron chi connectivity index (χ0n) is 13.9. The summed E-state index contributed by atoms with van der Waals surface area (Å²) in [4.78, 5) is 27.0. The highest BCUT2D eigenvalue weighted by Gasteiger charge is 2.27. The summed E-state index contributed by atoms with van der Waals surface area (Å²) in [6, 6.07) is 9.89. The molecule has 1 heterocycles. The predicted molar refractivity (Wildman–Crippen MR) is 99.1 cm³/mol. The van der Waals surface area contributed by atoms with Gasteiger partial charge >= 0.3 is 5.97 Å². The number of nitro benzene ring substituents is 1. The Balaban J connectivity index is 2.05. The molecule has 0 unspecified atom stereocenters. The van der Waals surface area contributed by atoms with Gasteiger partial charge in [0, 0.05) is 27.2 Å². The summed E-state index contributed by atoms with van der Waals surface area (Å²) in [6.07, 6.45) is 1.55. The summed E-state index contributed by atoms with van der Waals surface area (Å²) in [6.45, 7) is 1.59. The first-order chi connectivity index (χ1) is 12.4. The first-order valence-corrected chi connectivity index (χ1v) is 8.30. The number of hydrogen-bond acceptors (Lipinski definition) is 6. The highest BCUT2D eigenvalue weighted by atomic mass is 79.9. The lowest BCUT2D eigenvalue weighted by molar-refractivity contribution is -0.385. The number of carbonyl (C=O) groups is 1. The Labute approximate surface area is 157 Å². The van der Waals surface area contributed by atoms with Crippen LogP contribution < -0.4 is 4.74 Å². The lowest BCUT2D eigenvalue weighted by Crippen LogP contribution is -2.08. The van der Waals surface area contributed by atoms with Crippen LogP contribution in [0, 0.1) is 17.0 Å². The summed E-state index contributed by atoms with van der Waals surface area (Å²) in [5, 5.41) is 11.1. The average molecular weight is 417 g/mol. The highest BCUT2D eigenvalue weighted by Crippen LogP contribution is 2.29. The molecule has 0 aromatic heterocycles. The van der Waals surface area contributed by atoms with Crippen molar-refractivity contribution in [1.82, 2.24) is 0 Å². The van der Waals surface area contributed by atoms with Gasteiger partial charge in [0.05, 0.1) is 12.0 Å². The largest absolute Gasteiger partial charge is 0.496 e. The Morgan fingerprint density at radius 2 is 2.08 bits per heavy atom. The Morgan fingerprint density at radius 1 is 1.31 bits per heavy atom. The minimum absolute atomic E-state index is 0.0383. The third kappa shape index (κ3) is 3.36. The molecule has 26 heavy (non-hydrogen) atoms. The van der Waals surface area contributed by atoms with Gasteiger partial charge in [-0.2, -0.15) is 0 Å². The SMILES string of the molecule is COc1ccc(Br)cc1C=C1N=C(c2cccc([N+](=O)[O-])c2C)OC1=O. The molecular weight excluding hydrogens is 404 g/mol. The van der Waals surface area contributed by atoms with E-state index in [1.807, 2.05) is 6.07 Å². The van der Waals surface area contributed by atoms with Gasteiger partial charge < -0.3 is 9.47 Å². The maximum atomic E-state index is 12.2. The van der Waals surface area contributed by atoms with Crippen LogP contribution >= 0.6 is 15.9 Å². The number of benzene rings is 2. The Morgan fingerprint density at radius 3 is 2.77 bits per heavy atom. The number of ether oxygens (including phenoxy) is 2. The van der Waals surface area contributed by atoms with Crippen molar-refractivity contribution in [3.63, 3.8) is 0 Å². The number of nitro groups is 1. The van der Waals surface area contributed by atoms with Crippen molar-refractivity contribution >= 4 is 39.6 Å². The molecule has 0 bridgehead atoms. The predicted octanol–water partition coefficient (Wildman–Crippen LogP) is 4.02. The molecule has 1 aliphatic heterocycles. The summed E-state index contributed by atoms with van der Waals surface area (Å²) in [7, 11) is 1.53. The number of nitrogens with zero attached hydrogens (tertiary/aromatic N) is 2. The average Bonchev–Trinajstić information content (AvgIpc) is 2.95. The number of hydrogen-bond donors (Lipinski definition) is 0. The van der Waals surface area contributed by atoms with Gasteiger partial charge in [0.1, 0.15) is 5.75 Å². The van der Waals surface area contributed by atoms with Crippen molar-refractivity contribution in [2.75, 3.05) is 7.11 Å². The molecule has 0 saturated heterocycles. The van der Waals surface area contributed by atoms with Crippen LogP contribution in [0.15, 0.2) is 51.6 Å². The van der Waals surface area contributed by atoms with E-state index in [9.17, 15) is 14.9 Å². The molecule has 0 spiro atoms. The Hall–Kier alpha value is -3.00. The van der Waals surface area contributed by atoms with E-state index in [0.29, 0.717) is 22.4 Å². The summed E-state index contributed by atoms with van der Waals surface area (Å²) in [5.74, 6) is -0.0203. The molecule has 0 atom stereocenters. The van der Waals surface area contributed by atoms with Crippen LogP contribution in [0.3, 0.4) is 0 Å². The number of methoxy groups -OCH3 is 1. The van der Waals surface area contributed by atoms with E-state index < -0.39 is 10.9 Å². The van der Waals surface area contributed by atoms with Crippen LogP contribution in [0.1, 0.15) is 16.7 Å². The molecule has 8 heteroatoms. The van der Waals surface area contributed by atoms with Gasteiger partial charge in [0.25, 0.3) is 5.69 Å². The van der Waals surface area contributed by atoms with Crippen molar-refractivity contribution in [2.45, 2.75) is 6.92 Å². The number of cyclic esters (lactones) is 1. The second-order valence-corrected chi connectivity index (χ2v) is 6.34. The van der Waals surface area contributed by atoms with Crippen LogP contribution in [0.4, 0.5) is 5.69 Å². The first-order valence-electron chi connectivity index (χ1n) is 7.51. The van der Waals surface area contributed by atoms with Gasteiger partial charge in [0.15, 0.2) is 5.70 Å². The number of carbonyl (C=O) groups excluding carboxylic acids is 1. The molecule has 0 fully saturated rings. The Bertz CT molecular complexity index is 982. The van der Waals surface area contributed by atoms with Gasteiger partial charge in [-0.25, -0.2) is 9.79 Å². The third-order valence-electron chi connectivity index (χ3n) is 3.84. The summed E-state index contributed by atoms with van der Waals surface area (Å²) in [5.41, 5.74) is 1.45. The number of aliphatic imine (C=N–C) groups is 1. The number of rotatable bonds is 4. The minimum Gasteiger partial charge on any atom is -0.496 e. The molecule has 0 aliphatic carbocycles. The topological polar surface area (TPSA) is 91.0 Å². The molecule has 0 saturated carbocycles. The van der Waals surface area contributed by atoms with E-state index in [4.69, 9.17) is 9.47 Å². The van der Waals surface area contributed by atoms with E-state index in [1.54, 1.807) is 31.2 Å². The van der Waals surface area contributed by atoms with E-state index in [-0.39, 0.29) is 17.3 Å². The van der Waals surface area contributed by atoms with Gasteiger partial charge in [-0.1, -0.05) is 22.0 Å². The summed E-state index contributed by atoms with van der Waals surface area (Å²) >= 11 is 3.37. The fraction of sp³-hybridized carbons (Fsp3) is 0.111. The van der Waals surface area contributed by atoms with Gasteiger partial charge in [0.2, 0.25) is 5.90 Å². The standard InChI is InChI=1S/C18H13BrN2O5/c1-10-13(4-3-5-15(10)21(23)24)17-20-14(18(22)26-17)9-11-8-12(19)6-7-16(11)25-2/h3-9H,1-2H3. The molecule has 2 aromatic carbocycles. The second-order valence-electron chi connectivity index (χ2n) is 5.43. The first kappa shape index (κ1) is 17.8. The lowest BCUT2D eigenvalue weighted by Gasteiger charge is -2.04. The van der Waals surface area contributed by atoms with Crippen LogP contribution in [-0.2, 0) is 9.53 Å². The molecule has 7 nitrogen and oxygen atoms in total. The Kier molecular flexibility index (Phi) is 4.85. The van der Waals surface area contributed by atoms with Crippen molar-refractivity contribution in [2.24, 2.45) is 4.99 Å². The minimum atomic E-state index is -0.632. The maximum absolute atomic E-state index is 12.2. The zero-order valence-corrected chi connectivity index (χ0v) is 15.4. The molecule has 0 N–H and O–H groups in total. The molecule has 0 amide bonds. The van der Waals surface area contributed by atoms with Crippen LogP contribution in [0.25, 0.3) is 6.08 Å². The van der Waals surface area contributed by atoms with Crippen molar-refractivity contribution in [3.8, 4) is 5.75 Å². The highest BCUT2D eigenvalue weighted by molar-refractivity contribution is 9.10. The zero-order chi connectivity index (χ0) is 18.8. The van der Waals surface area contributed by atoms with Gasteiger partial charge in [-0.3, -0.25) is 10.1 Å². The van der Waals surface area contributed by atoms with Crippen molar-refractivity contribution in [3.05, 3.63) is 73.4 Å². The van der Waals surface area contributed by atoms with Crippen LogP contribution in [0.5, 0.6) is 5.75 Å². The van der Waals surface area contributed by atoms with Gasteiger partial charge in [-0.15, -0.1) is 0 Å². The van der Waals surface area contributed by atoms with E-state index in [2.05, 4.69) is 20.9 Å². The van der Waals surface area contributed by atoms with E-state index in [1.165, 1.54) is 19.2 Å². The number of esters is 1. The fourth-order valence-electron chi connectivity index (χ4n) is 2.54. The third-order valence-corrected chi connectivity index (χ3v) is 4.33. The fourth-order valence-corrected chi connectivity index (χ4v) is 2.92. The molecular formula is C18H13BrN2O5. The lowest BCUT2D eigenvalue weighted by atomic mass is 10.1. The van der Waals surface area contributed by atoms with Crippen molar-refractivity contribution < 1.29 is 19.2 Å². The van der Waals surface area contributed by atoms with Crippen molar-refractivity contribution in [1.29, 1.82) is 0 Å². The van der Waals surface area contributed by atoms with Crippen LogP contribution in [-0.4, -0.2) is 23.9 Å². The number of halogens is 1. The normalized spacial score (nSPS) is 15.0. The quantitative estimate of drug-likeness (QED) is 0.324. The molecule has 0 radical (unpaired) electrons. The maximum Gasteiger partial charge on any atom is 0.363 e. The second kappa shape index (κ2) is 7.09. The summed E-state index contributed by atoms with van der Waals surface area (Å²) < 4.78 is 11.3. The smallest absolute Gasteiger partial charge is 0.363 e. The molecule has 132 valence electrons. The van der Waals surface area contributed by atoms with E-state index in [0.717, 1.165) is 4.47 Å². The molecule has 2 aromatic rings. The van der Waals surface area contributed by atoms with Crippen LogP contribution in [0.2, 0.25) is 0 Å². The van der Waals surface area contributed by atoms with Gasteiger partial charge in [-0.05, 0) is 37.3 Å². The monoisotopic (exact) mass is 416 g/mol. The van der Waals surface area contributed by atoms with E-state index >= 15 is 0 Å².